The van der Waals surface area contributed by atoms with E-state index >= 15 is 4.39 Å². The Morgan fingerprint density at radius 1 is 1.11 bits per heavy atom. The van der Waals surface area contributed by atoms with Gasteiger partial charge in [0.15, 0.2) is 17.7 Å². The van der Waals surface area contributed by atoms with Crippen molar-refractivity contribution in [1.82, 2.24) is 24.5 Å². The molecular formula is C36H57FN6O13P2SSi2. The topological polar surface area (TPSA) is 252 Å². The van der Waals surface area contributed by atoms with Crippen molar-refractivity contribution in [3.63, 3.8) is 0 Å². The van der Waals surface area contributed by atoms with Crippen LogP contribution in [0.2, 0.25) is 22.2 Å². The van der Waals surface area contributed by atoms with Crippen molar-refractivity contribution in [2.45, 2.75) is 134 Å². The van der Waals surface area contributed by atoms with Crippen LogP contribution in [0, 0.1) is 23.1 Å². The van der Waals surface area contributed by atoms with Crippen LogP contribution < -0.4 is 10.3 Å². The number of nitrogens with one attached hydrogen (secondary N) is 1. The number of nitriles is 1. The van der Waals surface area contributed by atoms with Crippen LogP contribution in [-0.2, 0) is 47.7 Å². The van der Waals surface area contributed by atoms with Crippen molar-refractivity contribution in [3.05, 3.63) is 47.3 Å². The number of aliphatic hydroxyl groups excluding tert-OH is 1. The van der Waals surface area contributed by atoms with Gasteiger partial charge in [0, 0.05) is 30.8 Å². The molecule has 0 amide bonds. The van der Waals surface area contributed by atoms with Gasteiger partial charge in [-0.3, -0.25) is 13.9 Å². The van der Waals surface area contributed by atoms with Gasteiger partial charge in [0.05, 0.1) is 44.7 Å². The van der Waals surface area contributed by atoms with Crippen molar-refractivity contribution < 1.29 is 59.9 Å². The maximum atomic E-state index is 15.6. The van der Waals surface area contributed by atoms with Gasteiger partial charge in [-0.25, -0.2) is 19.3 Å². The number of aromatic amines is 1. The molecule has 1 saturated heterocycles. The minimum Gasteiger partial charge on any atom is -0.474 e. The lowest BCUT2D eigenvalue weighted by Gasteiger charge is -2.47. The Morgan fingerprint density at radius 3 is 2.41 bits per heavy atom. The molecule has 1 aliphatic heterocycles. The smallest absolute Gasteiger partial charge is 0.335 e. The van der Waals surface area contributed by atoms with Gasteiger partial charge in [-0.2, -0.15) is 5.26 Å². The maximum Gasteiger partial charge on any atom is 0.335 e. The van der Waals surface area contributed by atoms with Crippen LogP contribution in [0.1, 0.15) is 80.9 Å². The summed E-state index contributed by atoms with van der Waals surface area (Å²) in [6, 6.07) is 3.58. The summed E-state index contributed by atoms with van der Waals surface area (Å²) < 4.78 is 80.2. The Morgan fingerprint density at radius 2 is 1.82 bits per heavy atom. The molecule has 1 saturated carbocycles. The standard InChI is InChI=1S/C36H57FN6O13P2SSi2/c1-21(2)60(48,22(3)4)56-61(23(5)6,24(7)8)55-32-29(17-44)52-36(43-16-27(37)31-34(43)41-20-42-35(31)45)33(32)54-58(59,49-13-9-11-38)50-18-25-14-26(15-28(25)53-57(46)47)51-30-10-12-39-19-40-30/h10,12,16,19-26,28-29,32-33,36,44,48,57H,9,13-15,17-18H2,1-8H3,(H,46,47)(H,41,42,45)/t25-,26-,28+,29-,32-,33-,36-,58?/m1/s1. The van der Waals surface area contributed by atoms with E-state index in [1.165, 1.54) is 17.1 Å². The summed E-state index contributed by atoms with van der Waals surface area (Å²) in [4.78, 5) is 49.5. The van der Waals surface area contributed by atoms with Gasteiger partial charge >= 0.3 is 32.1 Å². The highest BCUT2D eigenvalue weighted by atomic mass is 32.5. The molecule has 4 heterocycles. The van der Waals surface area contributed by atoms with Gasteiger partial charge in [-0.15, -0.1) is 0 Å². The summed E-state index contributed by atoms with van der Waals surface area (Å²) in [5.74, 6) is -1.19. The van der Waals surface area contributed by atoms with Gasteiger partial charge < -0.3 is 55.9 Å². The number of aliphatic hydroxyl groups is 1. The number of aromatic nitrogens is 5. The van der Waals surface area contributed by atoms with Crippen molar-refractivity contribution >= 4 is 54.9 Å². The SMILES string of the molecule is CC(C)[Si](O)(O[Si](O[C@H]1[C@@H](OP(=S)(OCCC#N)OC[C@H]2C[C@@H](Oc3ccncn3)C[C@@H]2O[PH](=O)O)[C@H](n2cc(F)c3c(=O)[nH]cnc32)O[C@@H]1CO)(C(C)C)C(C)C)C(C)C. The molecule has 3 aromatic rings. The Kier molecular flexibility index (Phi) is 17.2. The maximum absolute atomic E-state index is 15.6. The second-order valence-electron chi connectivity index (χ2n) is 16.3. The number of fused-ring (bicyclic) bond motifs is 1. The lowest BCUT2D eigenvalue weighted by atomic mass is 10.1. The highest BCUT2D eigenvalue weighted by Gasteiger charge is 2.60. The van der Waals surface area contributed by atoms with Crippen LogP contribution in [0.4, 0.5) is 4.39 Å². The van der Waals surface area contributed by atoms with Crippen molar-refractivity contribution in [2.75, 3.05) is 19.8 Å². The molecule has 2 unspecified atom stereocenters. The monoisotopic (exact) mass is 950 g/mol. The Balaban J connectivity index is 1.59. The fourth-order valence-electron chi connectivity index (χ4n) is 7.88. The fourth-order valence-corrected chi connectivity index (χ4v) is 20.5. The second-order valence-corrected chi connectivity index (χ2v) is 28.7. The summed E-state index contributed by atoms with van der Waals surface area (Å²) in [6.07, 6.45) is -1.12. The summed E-state index contributed by atoms with van der Waals surface area (Å²) in [5.41, 5.74) is -1.89. The minimum atomic E-state index is -4.05. The zero-order chi connectivity index (χ0) is 44.9. The Bertz CT molecular complexity index is 2090. The number of nitrogens with zero attached hydrogens (tertiary/aromatic N) is 5. The number of ether oxygens (including phenoxy) is 2. The van der Waals surface area contributed by atoms with E-state index in [4.69, 9.17) is 47.9 Å². The summed E-state index contributed by atoms with van der Waals surface area (Å²) in [7, 11) is -10.6. The number of halogens is 1. The fraction of sp³-hybridized carbons (Fsp3) is 0.694. The highest BCUT2D eigenvalue weighted by Crippen LogP contribution is 2.56. The first kappa shape index (κ1) is 49.6. The predicted molar refractivity (Wildman–Crippen MR) is 228 cm³/mol. The molecule has 25 heteroatoms. The highest BCUT2D eigenvalue weighted by molar-refractivity contribution is 8.07. The van der Waals surface area contributed by atoms with Gasteiger partial charge in [0.25, 0.3) is 5.56 Å². The van der Waals surface area contributed by atoms with Crippen LogP contribution in [0.5, 0.6) is 5.88 Å². The van der Waals surface area contributed by atoms with Gasteiger partial charge in [-0.1, -0.05) is 55.4 Å². The molecule has 61 heavy (non-hydrogen) atoms. The van der Waals surface area contributed by atoms with Crippen LogP contribution in [0.25, 0.3) is 11.0 Å². The third kappa shape index (κ3) is 11.3. The summed E-state index contributed by atoms with van der Waals surface area (Å²) in [5, 5.41) is 20.0. The van der Waals surface area contributed by atoms with Gasteiger partial charge in [0.2, 0.25) is 5.88 Å². The van der Waals surface area contributed by atoms with Crippen LogP contribution in [-0.4, -0.2) is 107 Å². The third-order valence-electron chi connectivity index (χ3n) is 11.1. The van der Waals surface area contributed by atoms with E-state index in [0.717, 1.165) is 12.5 Å². The molecule has 3 aromatic heterocycles. The molecule has 5 rings (SSSR count). The molecule has 0 radical (unpaired) electrons. The van der Waals surface area contributed by atoms with Crippen molar-refractivity contribution in [2.24, 2.45) is 5.92 Å². The largest absolute Gasteiger partial charge is 0.474 e. The quantitative estimate of drug-likeness (QED) is 0.0540. The molecule has 0 spiro atoms. The number of rotatable bonds is 22. The average Bonchev–Trinajstić information content (AvgIpc) is 3.85. The van der Waals surface area contributed by atoms with Crippen molar-refractivity contribution in [3.8, 4) is 11.9 Å². The molecule has 340 valence electrons. The molecule has 2 aliphatic rings. The van der Waals surface area contributed by atoms with Gasteiger partial charge in [0.1, 0.15) is 36.1 Å². The van der Waals surface area contributed by atoms with Crippen LogP contribution in [0.3, 0.4) is 0 Å². The van der Waals surface area contributed by atoms with Crippen LogP contribution in [0.15, 0.2) is 35.9 Å². The van der Waals surface area contributed by atoms with E-state index in [9.17, 15) is 29.4 Å². The molecule has 2 fully saturated rings. The lowest BCUT2D eigenvalue weighted by molar-refractivity contribution is -0.0508. The summed E-state index contributed by atoms with van der Waals surface area (Å²) >= 11 is 6.06. The van der Waals surface area contributed by atoms with Crippen LogP contribution >= 0.6 is 15.0 Å². The Hall–Kier alpha value is -2.37. The molecule has 19 nitrogen and oxygen atoms in total. The molecule has 4 N–H and O–H groups in total. The molecule has 0 bridgehead atoms. The van der Waals surface area contributed by atoms with E-state index in [0.29, 0.717) is 5.88 Å². The first-order chi connectivity index (χ1) is 28.8. The van der Waals surface area contributed by atoms with Gasteiger partial charge in [-0.05, 0) is 40.4 Å². The first-order valence-electron chi connectivity index (χ1n) is 20.2. The first-order valence-corrected chi connectivity index (χ1v) is 28.0. The average molecular weight is 951 g/mol. The Labute approximate surface area is 361 Å². The van der Waals surface area contributed by atoms with Crippen molar-refractivity contribution in [1.29, 1.82) is 5.26 Å². The minimum absolute atomic E-state index is 0.106. The zero-order valence-electron chi connectivity index (χ0n) is 35.4. The third-order valence-corrected chi connectivity index (χ3v) is 23.7. The molecule has 1 aliphatic carbocycles. The second kappa shape index (κ2) is 21.1. The van der Waals surface area contributed by atoms with E-state index < -0.39 is 92.7 Å². The zero-order valence-corrected chi connectivity index (χ0v) is 40.1. The number of hydrogen-bond donors (Lipinski definition) is 4. The van der Waals surface area contributed by atoms with E-state index in [1.54, 1.807) is 6.07 Å². The number of H-pyrrole nitrogens is 1. The predicted octanol–water partition coefficient (Wildman–Crippen LogP) is 5.64. The molecular weight excluding hydrogens is 894 g/mol. The van der Waals surface area contributed by atoms with E-state index in [1.807, 2.05) is 61.5 Å². The molecule has 9 atom stereocenters. The molecule has 0 aromatic carbocycles. The lowest BCUT2D eigenvalue weighted by Crippen LogP contribution is -2.62. The normalized spacial score (nSPS) is 25.2. The number of hydrogen-bond acceptors (Lipinski definition) is 17. The van der Waals surface area contributed by atoms with E-state index in [-0.39, 0.29) is 65.7 Å². The van der Waals surface area contributed by atoms with E-state index in [2.05, 4.69) is 19.9 Å². The summed E-state index contributed by atoms with van der Waals surface area (Å²) in [6.45, 7) is 10.2.